The van der Waals surface area contributed by atoms with Crippen molar-refractivity contribution in [3.8, 4) is 0 Å². The molecule has 1 aromatic carbocycles. The molecule has 0 bridgehead atoms. The number of halogens is 2. The van der Waals surface area contributed by atoms with Crippen LogP contribution in [0.5, 0.6) is 0 Å². The molecule has 0 spiro atoms. The smallest absolute Gasteiger partial charge is 0.234 e. The first-order valence-corrected chi connectivity index (χ1v) is 9.24. The van der Waals surface area contributed by atoms with Crippen LogP contribution in [0.3, 0.4) is 0 Å². The SMILES string of the molecule is COCC1(C(=O)Nc2ncc(Cc3ccc(F)cc3F)s2)CCNCC1. The number of carbonyl (C=O) groups is 1. The van der Waals surface area contributed by atoms with Gasteiger partial charge in [-0.25, -0.2) is 13.8 Å². The van der Waals surface area contributed by atoms with Crippen molar-refractivity contribution in [2.75, 3.05) is 32.1 Å². The number of anilines is 1. The minimum atomic E-state index is -0.603. The van der Waals surface area contributed by atoms with E-state index in [1.165, 1.54) is 23.5 Å². The average molecular weight is 381 g/mol. The topological polar surface area (TPSA) is 63.2 Å². The molecule has 1 aliphatic rings. The lowest BCUT2D eigenvalue weighted by Gasteiger charge is -2.35. The molecule has 1 saturated heterocycles. The van der Waals surface area contributed by atoms with Gasteiger partial charge in [0, 0.05) is 30.7 Å². The highest BCUT2D eigenvalue weighted by atomic mass is 32.1. The van der Waals surface area contributed by atoms with E-state index in [9.17, 15) is 13.6 Å². The number of carbonyl (C=O) groups excluding carboxylic acids is 1. The van der Waals surface area contributed by atoms with Crippen molar-refractivity contribution >= 4 is 22.4 Å². The number of methoxy groups -OCH3 is 1. The third-order valence-corrected chi connectivity index (χ3v) is 5.53. The highest BCUT2D eigenvalue weighted by Gasteiger charge is 2.40. The minimum Gasteiger partial charge on any atom is -0.384 e. The van der Waals surface area contributed by atoms with Gasteiger partial charge in [-0.05, 0) is 37.6 Å². The number of benzene rings is 1. The van der Waals surface area contributed by atoms with Gasteiger partial charge in [-0.15, -0.1) is 11.3 Å². The zero-order chi connectivity index (χ0) is 18.6. The number of rotatable bonds is 6. The number of nitrogens with zero attached hydrogens (tertiary/aromatic N) is 1. The summed E-state index contributed by atoms with van der Waals surface area (Å²) < 4.78 is 32.1. The third kappa shape index (κ3) is 4.25. The quantitative estimate of drug-likeness (QED) is 0.808. The molecule has 140 valence electrons. The Labute approximate surface area is 154 Å². The Balaban J connectivity index is 1.68. The maximum Gasteiger partial charge on any atom is 0.234 e. The Kier molecular flexibility index (Phi) is 5.95. The predicted molar refractivity (Wildman–Crippen MR) is 96.3 cm³/mol. The standard InChI is InChI=1S/C18H21F2N3O2S/c1-25-11-18(4-6-21-7-5-18)16(24)23-17-22-10-14(26-17)8-12-2-3-13(19)9-15(12)20/h2-3,9-10,21H,4-8,11H2,1H3,(H,22,23,24). The summed E-state index contributed by atoms with van der Waals surface area (Å²) in [6.07, 6.45) is 3.30. The van der Waals surface area contributed by atoms with Crippen LogP contribution in [-0.2, 0) is 16.0 Å². The van der Waals surface area contributed by atoms with E-state index >= 15 is 0 Å². The van der Waals surface area contributed by atoms with E-state index < -0.39 is 17.0 Å². The highest BCUT2D eigenvalue weighted by molar-refractivity contribution is 7.15. The van der Waals surface area contributed by atoms with Crippen molar-refractivity contribution < 1.29 is 18.3 Å². The van der Waals surface area contributed by atoms with Crippen LogP contribution in [0.2, 0.25) is 0 Å². The Hall–Kier alpha value is -1.90. The van der Waals surface area contributed by atoms with Gasteiger partial charge < -0.3 is 15.4 Å². The van der Waals surface area contributed by atoms with Gasteiger partial charge in [0.25, 0.3) is 0 Å². The van der Waals surface area contributed by atoms with Crippen molar-refractivity contribution in [2.45, 2.75) is 19.3 Å². The number of hydrogen-bond donors (Lipinski definition) is 2. The van der Waals surface area contributed by atoms with Gasteiger partial charge in [-0.1, -0.05) is 6.07 Å². The normalized spacial score (nSPS) is 16.4. The van der Waals surface area contributed by atoms with E-state index in [-0.39, 0.29) is 5.91 Å². The molecule has 5 nitrogen and oxygen atoms in total. The Morgan fingerprint density at radius 1 is 1.38 bits per heavy atom. The first kappa shape index (κ1) is 18.9. The number of hydrogen-bond acceptors (Lipinski definition) is 5. The summed E-state index contributed by atoms with van der Waals surface area (Å²) in [6.45, 7) is 1.90. The molecule has 0 unspecified atom stereocenters. The maximum absolute atomic E-state index is 13.8. The molecule has 3 rings (SSSR count). The fourth-order valence-electron chi connectivity index (χ4n) is 3.15. The molecule has 2 heterocycles. The predicted octanol–water partition coefficient (Wildman–Crippen LogP) is 2.97. The molecule has 0 atom stereocenters. The van der Waals surface area contributed by atoms with Gasteiger partial charge in [0.2, 0.25) is 5.91 Å². The molecule has 0 radical (unpaired) electrons. The number of piperidine rings is 1. The number of nitrogens with one attached hydrogen (secondary N) is 2. The van der Waals surface area contributed by atoms with Crippen LogP contribution in [0.25, 0.3) is 0 Å². The Morgan fingerprint density at radius 2 is 2.15 bits per heavy atom. The van der Waals surface area contributed by atoms with Crippen LogP contribution in [0, 0.1) is 17.0 Å². The van der Waals surface area contributed by atoms with Crippen LogP contribution in [0.4, 0.5) is 13.9 Å². The van der Waals surface area contributed by atoms with E-state index in [1.54, 1.807) is 13.3 Å². The molecule has 2 aromatic rings. The summed E-state index contributed by atoms with van der Waals surface area (Å²) in [5.41, 5.74) is -0.170. The molecule has 0 saturated carbocycles. The van der Waals surface area contributed by atoms with Gasteiger partial charge in [0.05, 0.1) is 12.0 Å². The highest BCUT2D eigenvalue weighted by Crippen LogP contribution is 2.32. The summed E-state index contributed by atoms with van der Waals surface area (Å²) in [5, 5.41) is 6.59. The van der Waals surface area contributed by atoms with E-state index in [4.69, 9.17) is 4.74 Å². The van der Waals surface area contributed by atoms with Crippen molar-refractivity contribution in [3.05, 3.63) is 46.5 Å². The first-order chi connectivity index (χ1) is 12.5. The molecule has 1 aromatic heterocycles. The Morgan fingerprint density at radius 3 is 2.85 bits per heavy atom. The van der Waals surface area contributed by atoms with Crippen LogP contribution >= 0.6 is 11.3 Å². The van der Waals surface area contributed by atoms with Crippen LogP contribution in [0.15, 0.2) is 24.4 Å². The molecule has 1 fully saturated rings. The molecular formula is C18H21F2N3O2S. The molecule has 26 heavy (non-hydrogen) atoms. The monoisotopic (exact) mass is 381 g/mol. The largest absolute Gasteiger partial charge is 0.384 e. The molecule has 1 aliphatic heterocycles. The first-order valence-electron chi connectivity index (χ1n) is 8.42. The molecular weight excluding hydrogens is 360 g/mol. The number of thiazole rings is 1. The molecule has 1 amide bonds. The summed E-state index contributed by atoms with van der Waals surface area (Å²) >= 11 is 1.29. The number of aromatic nitrogens is 1. The fourth-order valence-corrected chi connectivity index (χ4v) is 3.98. The van der Waals surface area contributed by atoms with Crippen LogP contribution in [0.1, 0.15) is 23.3 Å². The van der Waals surface area contributed by atoms with Crippen molar-refractivity contribution in [1.82, 2.24) is 10.3 Å². The van der Waals surface area contributed by atoms with Crippen molar-refractivity contribution in [2.24, 2.45) is 5.41 Å². The van der Waals surface area contributed by atoms with Gasteiger partial charge in [-0.3, -0.25) is 4.79 Å². The summed E-state index contributed by atoms with van der Waals surface area (Å²) in [6, 6.07) is 3.52. The molecule has 2 N–H and O–H groups in total. The average Bonchev–Trinajstić information content (AvgIpc) is 3.05. The van der Waals surface area contributed by atoms with E-state index in [0.717, 1.165) is 24.0 Å². The lowest BCUT2D eigenvalue weighted by atomic mass is 9.79. The fraction of sp³-hybridized carbons (Fsp3) is 0.444. The zero-order valence-corrected chi connectivity index (χ0v) is 15.3. The summed E-state index contributed by atoms with van der Waals surface area (Å²) in [5.74, 6) is -1.29. The van der Waals surface area contributed by atoms with Crippen LogP contribution in [-0.4, -0.2) is 37.7 Å². The lowest BCUT2D eigenvalue weighted by Crippen LogP contribution is -2.47. The van der Waals surface area contributed by atoms with Gasteiger partial charge in [0.15, 0.2) is 5.13 Å². The van der Waals surface area contributed by atoms with Gasteiger partial charge in [0.1, 0.15) is 11.6 Å². The van der Waals surface area contributed by atoms with Gasteiger partial charge in [-0.2, -0.15) is 0 Å². The second-order valence-corrected chi connectivity index (χ2v) is 7.58. The summed E-state index contributed by atoms with van der Waals surface area (Å²) in [4.78, 5) is 17.8. The molecule has 0 aliphatic carbocycles. The van der Waals surface area contributed by atoms with Crippen molar-refractivity contribution in [1.29, 1.82) is 0 Å². The summed E-state index contributed by atoms with van der Waals surface area (Å²) in [7, 11) is 1.59. The van der Waals surface area contributed by atoms with E-state index in [0.29, 0.717) is 36.6 Å². The van der Waals surface area contributed by atoms with E-state index in [1.807, 2.05) is 0 Å². The van der Waals surface area contributed by atoms with Crippen LogP contribution < -0.4 is 10.6 Å². The minimum absolute atomic E-state index is 0.102. The molecule has 8 heteroatoms. The number of amides is 1. The maximum atomic E-state index is 13.8. The van der Waals surface area contributed by atoms with Gasteiger partial charge >= 0.3 is 0 Å². The van der Waals surface area contributed by atoms with E-state index in [2.05, 4.69) is 15.6 Å². The Bertz CT molecular complexity index is 770. The second-order valence-electron chi connectivity index (χ2n) is 6.46. The zero-order valence-electron chi connectivity index (χ0n) is 14.5. The van der Waals surface area contributed by atoms with Crippen molar-refractivity contribution in [3.63, 3.8) is 0 Å². The second kappa shape index (κ2) is 8.20. The number of ether oxygens (including phenoxy) is 1. The lowest BCUT2D eigenvalue weighted by molar-refractivity contribution is -0.130. The third-order valence-electron chi connectivity index (χ3n) is 4.62.